The fraction of sp³-hybridized carbons (Fsp3) is 0.429. The van der Waals surface area contributed by atoms with Gasteiger partial charge in [0.05, 0.1) is 0 Å². The van der Waals surface area contributed by atoms with Crippen LogP contribution < -0.4 is 0 Å². The molecule has 1 unspecified atom stereocenters. The van der Waals surface area contributed by atoms with E-state index < -0.39 is 17.5 Å². The van der Waals surface area contributed by atoms with Crippen LogP contribution in [0.5, 0.6) is 0 Å². The van der Waals surface area contributed by atoms with Gasteiger partial charge in [0.1, 0.15) is 30.1 Å². The monoisotopic (exact) mass is 283 g/mol. The maximum Gasteiger partial charge on any atom is 0.137 e. The Balaban J connectivity index is 2.24. The summed E-state index contributed by atoms with van der Waals surface area (Å²) in [5.74, 6) is -2.89. The normalized spacial score (nSPS) is 12.9. The van der Waals surface area contributed by atoms with E-state index in [1.54, 1.807) is 11.0 Å². The molecule has 20 heavy (non-hydrogen) atoms. The second-order valence-corrected chi connectivity index (χ2v) is 5.08. The Kier molecular flexibility index (Phi) is 4.42. The van der Waals surface area contributed by atoms with Crippen LogP contribution in [0.2, 0.25) is 0 Å². The molecule has 0 saturated carbocycles. The minimum absolute atomic E-state index is 0.0213. The first-order valence-electron chi connectivity index (χ1n) is 6.46. The smallest absolute Gasteiger partial charge is 0.137 e. The van der Waals surface area contributed by atoms with Crippen molar-refractivity contribution in [1.29, 1.82) is 0 Å². The predicted molar refractivity (Wildman–Crippen MR) is 68.5 cm³/mol. The zero-order valence-electron chi connectivity index (χ0n) is 11.4. The molecule has 1 atom stereocenters. The predicted octanol–water partition coefficient (Wildman–Crippen LogP) is 3.53. The summed E-state index contributed by atoms with van der Waals surface area (Å²) in [7, 11) is 0. The number of aryl methyl sites for hydroxylation is 1. The molecule has 0 aliphatic heterocycles. The summed E-state index contributed by atoms with van der Waals surface area (Å²) in [6, 6.07) is 1.45. The number of rotatable bonds is 5. The zero-order valence-corrected chi connectivity index (χ0v) is 11.4. The fourth-order valence-corrected chi connectivity index (χ4v) is 2.34. The Morgan fingerprint density at radius 1 is 1.15 bits per heavy atom. The molecule has 1 heterocycles. The molecule has 0 amide bonds. The second kappa shape index (κ2) is 6.07. The molecule has 0 aliphatic rings. The zero-order chi connectivity index (χ0) is 14.7. The molecule has 3 nitrogen and oxygen atoms in total. The maximum absolute atomic E-state index is 13.9. The molecule has 0 spiro atoms. The molecule has 0 saturated heterocycles. The van der Waals surface area contributed by atoms with E-state index in [1.165, 1.54) is 6.33 Å². The van der Waals surface area contributed by atoms with Gasteiger partial charge in [-0.15, -0.1) is 0 Å². The molecule has 0 aliphatic carbocycles. The molecule has 1 aromatic heterocycles. The van der Waals surface area contributed by atoms with Gasteiger partial charge in [0.2, 0.25) is 0 Å². The van der Waals surface area contributed by atoms with Crippen LogP contribution in [-0.4, -0.2) is 14.8 Å². The molecule has 0 radical (unpaired) electrons. The Bertz CT molecular complexity index is 544. The minimum atomic E-state index is -0.900. The van der Waals surface area contributed by atoms with E-state index in [1.807, 2.05) is 13.8 Å². The molecule has 6 heteroatoms. The van der Waals surface area contributed by atoms with Crippen molar-refractivity contribution in [2.75, 3.05) is 0 Å². The largest absolute Gasteiger partial charge is 0.253 e. The first kappa shape index (κ1) is 14.6. The summed E-state index contributed by atoms with van der Waals surface area (Å²) < 4.78 is 42.3. The van der Waals surface area contributed by atoms with Crippen molar-refractivity contribution in [3.8, 4) is 0 Å². The number of aromatic nitrogens is 3. The highest BCUT2D eigenvalue weighted by molar-refractivity contribution is 5.25. The molecule has 0 fully saturated rings. The first-order valence-corrected chi connectivity index (χ1v) is 6.46. The molecular formula is C14H16F3N3. The summed E-state index contributed by atoms with van der Waals surface area (Å²) in [5.41, 5.74) is -0.0542. The number of hydrogen-bond donors (Lipinski definition) is 0. The van der Waals surface area contributed by atoms with Crippen LogP contribution in [0.15, 0.2) is 24.8 Å². The lowest BCUT2D eigenvalue weighted by Gasteiger charge is -2.22. The van der Waals surface area contributed by atoms with Crippen LogP contribution in [0.25, 0.3) is 0 Å². The average Bonchev–Trinajstić information content (AvgIpc) is 2.84. The summed E-state index contributed by atoms with van der Waals surface area (Å²) >= 11 is 0. The summed E-state index contributed by atoms with van der Waals surface area (Å²) in [6.07, 6.45) is 3.46. The second-order valence-electron chi connectivity index (χ2n) is 5.08. The van der Waals surface area contributed by atoms with Gasteiger partial charge in [-0.05, 0) is 18.3 Å². The molecule has 2 rings (SSSR count). The lowest BCUT2D eigenvalue weighted by molar-refractivity contribution is 0.392. The highest BCUT2D eigenvalue weighted by Crippen LogP contribution is 2.32. The molecule has 2 aromatic rings. The van der Waals surface area contributed by atoms with Crippen LogP contribution in [0.1, 0.15) is 31.7 Å². The average molecular weight is 283 g/mol. The molecular weight excluding hydrogens is 267 g/mol. The lowest BCUT2D eigenvalue weighted by atomic mass is 9.85. The van der Waals surface area contributed by atoms with E-state index in [9.17, 15) is 13.2 Å². The van der Waals surface area contributed by atoms with Crippen molar-refractivity contribution in [3.63, 3.8) is 0 Å². The van der Waals surface area contributed by atoms with Crippen molar-refractivity contribution < 1.29 is 13.2 Å². The van der Waals surface area contributed by atoms with Crippen molar-refractivity contribution in [2.45, 2.75) is 32.7 Å². The summed E-state index contributed by atoms with van der Waals surface area (Å²) in [6.45, 7) is 4.27. The van der Waals surface area contributed by atoms with E-state index in [4.69, 9.17) is 0 Å². The third-order valence-corrected chi connectivity index (χ3v) is 3.36. The lowest BCUT2D eigenvalue weighted by Crippen LogP contribution is -2.14. The standard InChI is InChI=1S/C14H16F3N3/c1-9(2)11(3-4-20-8-18-7-19-20)14-12(16)5-10(15)6-13(14)17/h5-9,11H,3-4H2,1-2H3. The summed E-state index contributed by atoms with van der Waals surface area (Å²) in [4.78, 5) is 3.82. The van der Waals surface area contributed by atoms with E-state index in [0.717, 1.165) is 12.1 Å². The van der Waals surface area contributed by atoms with E-state index in [0.29, 0.717) is 13.0 Å². The Labute approximate surface area is 115 Å². The van der Waals surface area contributed by atoms with Crippen molar-refractivity contribution in [2.24, 2.45) is 5.92 Å². The Morgan fingerprint density at radius 2 is 1.80 bits per heavy atom. The highest BCUT2D eigenvalue weighted by atomic mass is 19.1. The Morgan fingerprint density at radius 3 is 2.30 bits per heavy atom. The third-order valence-electron chi connectivity index (χ3n) is 3.36. The van der Waals surface area contributed by atoms with Crippen LogP contribution in [0.4, 0.5) is 13.2 Å². The molecule has 0 N–H and O–H groups in total. The third kappa shape index (κ3) is 3.18. The number of hydrogen-bond acceptors (Lipinski definition) is 2. The fourth-order valence-electron chi connectivity index (χ4n) is 2.34. The van der Waals surface area contributed by atoms with Gasteiger partial charge in [0.25, 0.3) is 0 Å². The first-order chi connectivity index (χ1) is 9.49. The van der Waals surface area contributed by atoms with E-state index in [-0.39, 0.29) is 17.4 Å². The molecule has 0 bridgehead atoms. The van der Waals surface area contributed by atoms with Gasteiger partial charge in [-0.3, -0.25) is 4.68 Å². The maximum atomic E-state index is 13.9. The van der Waals surface area contributed by atoms with Crippen molar-refractivity contribution in [1.82, 2.24) is 14.8 Å². The summed E-state index contributed by atoms with van der Waals surface area (Å²) in [5, 5.41) is 3.96. The minimum Gasteiger partial charge on any atom is -0.253 e. The van der Waals surface area contributed by atoms with Crippen LogP contribution in [0, 0.1) is 23.4 Å². The number of halogens is 3. The van der Waals surface area contributed by atoms with Gasteiger partial charge >= 0.3 is 0 Å². The van der Waals surface area contributed by atoms with Crippen molar-refractivity contribution >= 4 is 0 Å². The molecule has 108 valence electrons. The van der Waals surface area contributed by atoms with Crippen LogP contribution in [-0.2, 0) is 6.54 Å². The number of nitrogens with zero attached hydrogens (tertiary/aromatic N) is 3. The SMILES string of the molecule is CC(C)C(CCn1cncn1)c1c(F)cc(F)cc1F. The van der Waals surface area contributed by atoms with Crippen LogP contribution >= 0.6 is 0 Å². The van der Waals surface area contributed by atoms with Gasteiger partial charge in [-0.1, -0.05) is 13.8 Å². The Hall–Kier alpha value is -1.85. The quantitative estimate of drug-likeness (QED) is 0.840. The molecule has 1 aromatic carbocycles. The highest BCUT2D eigenvalue weighted by Gasteiger charge is 2.24. The van der Waals surface area contributed by atoms with Gasteiger partial charge in [-0.2, -0.15) is 5.10 Å². The van der Waals surface area contributed by atoms with Crippen molar-refractivity contribution in [3.05, 3.63) is 47.8 Å². The van der Waals surface area contributed by atoms with Gasteiger partial charge < -0.3 is 0 Å². The topological polar surface area (TPSA) is 30.7 Å². The van der Waals surface area contributed by atoms with E-state index in [2.05, 4.69) is 10.1 Å². The van der Waals surface area contributed by atoms with E-state index >= 15 is 0 Å². The number of benzene rings is 1. The van der Waals surface area contributed by atoms with Gasteiger partial charge in [0.15, 0.2) is 0 Å². The van der Waals surface area contributed by atoms with Crippen LogP contribution in [0.3, 0.4) is 0 Å². The van der Waals surface area contributed by atoms with Gasteiger partial charge in [-0.25, -0.2) is 18.2 Å². The van der Waals surface area contributed by atoms with Gasteiger partial charge in [0, 0.05) is 24.2 Å².